The molecule has 0 saturated carbocycles. The molecule has 0 atom stereocenters. The molecule has 0 unspecified atom stereocenters. The number of anilines is 1. The van der Waals surface area contributed by atoms with E-state index in [0.717, 1.165) is 11.5 Å². The van der Waals surface area contributed by atoms with E-state index in [-0.39, 0.29) is 11.8 Å². The Morgan fingerprint density at radius 3 is 2.89 bits per heavy atom. The van der Waals surface area contributed by atoms with Gasteiger partial charge in [0, 0.05) is 0 Å². The van der Waals surface area contributed by atoms with Crippen molar-refractivity contribution in [3.63, 3.8) is 0 Å². The van der Waals surface area contributed by atoms with Crippen LogP contribution in [0.25, 0.3) is 0 Å². The SMILES string of the molecule is CC(C)c1nnsc1C(=O)Nc1cccc(Br)n1. The van der Waals surface area contributed by atoms with Crippen molar-refractivity contribution in [2.45, 2.75) is 19.8 Å². The summed E-state index contributed by atoms with van der Waals surface area (Å²) in [6.45, 7) is 3.95. The Labute approximate surface area is 117 Å². The van der Waals surface area contributed by atoms with Crippen LogP contribution >= 0.6 is 27.5 Å². The van der Waals surface area contributed by atoms with Gasteiger partial charge in [-0.3, -0.25) is 4.79 Å². The largest absolute Gasteiger partial charge is 0.306 e. The predicted molar refractivity (Wildman–Crippen MR) is 73.9 cm³/mol. The van der Waals surface area contributed by atoms with Crippen molar-refractivity contribution < 1.29 is 4.79 Å². The van der Waals surface area contributed by atoms with Crippen LogP contribution in [0.4, 0.5) is 5.82 Å². The van der Waals surface area contributed by atoms with Crippen LogP contribution < -0.4 is 5.32 Å². The number of carbonyl (C=O) groups excluding carboxylic acids is 1. The highest BCUT2D eigenvalue weighted by molar-refractivity contribution is 9.10. The minimum atomic E-state index is -0.223. The van der Waals surface area contributed by atoms with Crippen molar-refractivity contribution in [2.75, 3.05) is 5.32 Å². The number of carbonyl (C=O) groups is 1. The smallest absolute Gasteiger partial charge is 0.270 e. The molecule has 94 valence electrons. The van der Waals surface area contributed by atoms with E-state index in [9.17, 15) is 4.79 Å². The highest BCUT2D eigenvalue weighted by atomic mass is 79.9. The van der Waals surface area contributed by atoms with Gasteiger partial charge in [-0.2, -0.15) is 0 Å². The topological polar surface area (TPSA) is 67.8 Å². The molecule has 2 aromatic heterocycles. The maximum absolute atomic E-state index is 12.1. The number of nitrogens with one attached hydrogen (secondary N) is 1. The predicted octanol–water partition coefficient (Wildman–Crippen LogP) is 3.07. The fourth-order valence-corrected chi connectivity index (χ4v) is 2.44. The molecule has 1 amide bonds. The summed E-state index contributed by atoms with van der Waals surface area (Å²) in [7, 11) is 0. The summed E-state index contributed by atoms with van der Waals surface area (Å²) in [5.74, 6) is 0.441. The van der Waals surface area contributed by atoms with Crippen LogP contribution in [-0.2, 0) is 0 Å². The first-order valence-corrected chi connectivity index (χ1v) is 6.90. The van der Waals surface area contributed by atoms with Crippen molar-refractivity contribution in [2.24, 2.45) is 0 Å². The van der Waals surface area contributed by atoms with E-state index >= 15 is 0 Å². The van der Waals surface area contributed by atoms with Crippen LogP contribution in [0.5, 0.6) is 0 Å². The fourth-order valence-electron chi connectivity index (χ4n) is 1.38. The molecule has 7 heteroatoms. The lowest BCUT2D eigenvalue weighted by Gasteiger charge is -2.05. The number of rotatable bonds is 3. The van der Waals surface area contributed by atoms with Gasteiger partial charge in [0.25, 0.3) is 5.91 Å². The first-order chi connectivity index (χ1) is 8.58. The minimum absolute atomic E-state index is 0.167. The number of hydrogen-bond acceptors (Lipinski definition) is 5. The Balaban J connectivity index is 2.20. The van der Waals surface area contributed by atoms with Gasteiger partial charge < -0.3 is 5.32 Å². The van der Waals surface area contributed by atoms with E-state index in [1.54, 1.807) is 18.2 Å². The molecule has 0 aliphatic rings. The maximum atomic E-state index is 12.1. The number of amides is 1. The third kappa shape index (κ3) is 2.91. The first-order valence-electron chi connectivity index (χ1n) is 5.34. The normalized spacial score (nSPS) is 10.7. The van der Waals surface area contributed by atoms with E-state index < -0.39 is 0 Å². The van der Waals surface area contributed by atoms with E-state index in [0.29, 0.717) is 21.0 Å². The Hall–Kier alpha value is -1.34. The average molecular weight is 327 g/mol. The lowest BCUT2D eigenvalue weighted by molar-refractivity contribution is 0.102. The Morgan fingerprint density at radius 2 is 2.22 bits per heavy atom. The molecule has 0 bridgehead atoms. The van der Waals surface area contributed by atoms with Crippen molar-refractivity contribution in [3.8, 4) is 0 Å². The van der Waals surface area contributed by atoms with Gasteiger partial charge in [0.05, 0.1) is 5.69 Å². The van der Waals surface area contributed by atoms with Gasteiger partial charge in [0.15, 0.2) is 0 Å². The summed E-state index contributed by atoms with van der Waals surface area (Å²) in [6, 6.07) is 5.33. The van der Waals surface area contributed by atoms with Gasteiger partial charge in [-0.1, -0.05) is 24.4 Å². The number of pyridine rings is 1. The van der Waals surface area contributed by atoms with Gasteiger partial charge in [0.2, 0.25) is 0 Å². The van der Waals surface area contributed by atoms with E-state index in [2.05, 4.69) is 35.8 Å². The third-order valence-electron chi connectivity index (χ3n) is 2.22. The second-order valence-corrected chi connectivity index (χ2v) is 5.51. The second-order valence-electron chi connectivity index (χ2n) is 3.94. The molecule has 0 spiro atoms. The molecule has 0 fully saturated rings. The quantitative estimate of drug-likeness (QED) is 0.880. The molecular formula is C11H11BrN4OS. The Bertz CT molecular complexity index is 570. The molecular weight excluding hydrogens is 316 g/mol. The molecule has 0 aliphatic carbocycles. The zero-order valence-electron chi connectivity index (χ0n) is 9.85. The zero-order chi connectivity index (χ0) is 13.1. The first kappa shape index (κ1) is 13.1. The molecule has 0 aromatic carbocycles. The summed E-state index contributed by atoms with van der Waals surface area (Å²) in [5.41, 5.74) is 0.715. The van der Waals surface area contributed by atoms with Crippen molar-refractivity contribution in [3.05, 3.63) is 33.4 Å². The summed E-state index contributed by atoms with van der Waals surface area (Å²) in [6.07, 6.45) is 0. The average Bonchev–Trinajstić information content (AvgIpc) is 2.77. The molecule has 2 rings (SSSR count). The molecule has 0 aliphatic heterocycles. The highest BCUT2D eigenvalue weighted by Crippen LogP contribution is 2.21. The van der Waals surface area contributed by atoms with E-state index in [1.165, 1.54) is 0 Å². The summed E-state index contributed by atoms with van der Waals surface area (Å²) in [5, 5.41) is 6.70. The lowest BCUT2D eigenvalue weighted by atomic mass is 10.1. The van der Waals surface area contributed by atoms with Crippen LogP contribution in [-0.4, -0.2) is 20.5 Å². The molecule has 18 heavy (non-hydrogen) atoms. The highest BCUT2D eigenvalue weighted by Gasteiger charge is 2.18. The van der Waals surface area contributed by atoms with Gasteiger partial charge in [-0.05, 0) is 45.5 Å². The van der Waals surface area contributed by atoms with Crippen LogP contribution in [0.3, 0.4) is 0 Å². The molecule has 2 aromatic rings. The molecule has 0 radical (unpaired) electrons. The third-order valence-corrected chi connectivity index (χ3v) is 3.41. The van der Waals surface area contributed by atoms with Gasteiger partial charge >= 0.3 is 0 Å². The Morgan fingerprint density at radius 1 is 1.44 bits per heavy atom. The number of nitrogens with zero attached hydrogens (tertiary/aromatic N) is 3. The van der Waals surface area contributed by atoms with Crippen LogP contribution in [0.1, 0.15) is 35.1 Å². The van der Waals surface area contributed by atoms with Crippen molar-refractivity contribution in [1.82, 2.24) is 14.6 Å². The summed E-state index contributed by atoms with van der Waals surface area (Å²) in [4.78, 5) is 16.8. The standard InChI is InChI=1S/C11H11BrN4OS/c1-6(2)9-10(18-16-15-9)11(17)14-8-5-3-4-7(12)13-8/h3-6H,1-2H3,(H,13,14,17). The Kier molecular flexibility index (Phi) is 4.03. The maximum Gasteiger partial charge on any atom is 0.270 e. The van der Waals surface area contributed by atoms with Gasteiger partial charge in [-0.15, -0.1) is 5.10 Å². The number of halogens is 1. The van der Waals surface area contributed by atoms with Crippen LogP contribution in [0, 0.1) is 0 Å². The summed E-state index contributed by atoms with van der Waals surface area (Å²) >= 11 is 4.35. The van der Waals surface area contributed by atoms with Crippen molar-refractivity contribution in [1.29, 1.82) is 0 Å². The minimum Gasteiger partial charge on any atom is -0.306 e. The zero-order valence-corrected chi connectivity index (χ0v) is 12.2. The van der Waals surface area contributed by atoms with Gasteiger partial charge in [-0.25, -0.2) is 4.98 Å². The molecule has 2 heterocycles. The number of aromatic nitrogens is 3. The molecule has 1 N–H and O–H groups in total. The van der Waals surface area contributed by atoms with Crippen LogP contribution in [0.15, 0.2) is 22.8 Å². The summed E-state index contributed by atoms with van der Waals surface area (Å²) < 4.78 is 4.50. The van der Waals surface area contributed by atoms with E-state index in [1.807, 2.05) is 13.8 Å². The number of hydrogen-bond donors (Lipinski definition) is 1. The molecule has 0 saturated heterocycles. The fraction of sp³-hybridized carbons (Fsp3) is 0.273. The van der Waals surface area contributed by atoms with E-state index in [4.69, 9.17) is 0 Å². The van der Waals surface area contributed by atoms with Crippen LogP contribution in [0.2, 0.25) is 0 Å². The lowest BCUT2D eigenvalue weighted by Crippen LogP contribution is -2.14. The molecule has 5 nitrogen and oxygen atoms in total. The second kappa shape index (κ2) is 5.53. The monoisotopic (exact) mass is 326 g/mol. The van der Waals surface area contributed by atoms with Crippen molar-refractivity contribution >= 4 is 39.2 Å². The van der Waals surface area contributed by atoms with Gasteiger partial charge in [0.1, 0.15) is 15.3 Å².